The highest BCUT2D eigenvalue weighted by atomic mass is 16.1. The molecule has 1 rings (SSSR count). The van der Waals surface area contributed by atoms with E-state index in [2.05, 4.69) is 11.4 Å². The van der Waals surface area contributed by atoms with Crippen molar-refractivity contribution in [3.63, 3.8) is 0 Å². The van der Waals surface area contributed by atoms with Crippen molar-refractivity contribution in [1.29, 1.82) is 5.26 Å². The summed E-state index contributed by atoms with van der Waals surface area (Å²) < 4.78 is 0. The van der Waals surface area contributed by atoms with Crippen molar-refractivity contribution in [3.8, 4) is 6.07 Å². The lowest BCUT2D eigenvalue weighted by Crippen LogP contribution is -2.24. The van der Waals surface area contributed by atoms with Gasteiger partial charge in [0.15, 0.2) is 0 Å². The normalized spacial score (nSPS) is 25.1. The molecule has 0 aromatic carbocycles. The van der Waals surface area contributed by atoms with Crippen LogP contribution in [0.5, 0.6) is 0 Å². The molecule has 0 aromatic rings. The first kappa shape index (κ1) is 17.0. The molecule has 1 unspecified atom stereocenters. The summed E-state index contributed by atoms with van der Waals surface area (Å²) >= 11 is 0. The van der Waals surface area contributed by atoms with Crippen molar-refractivity contribution < 1.29 is 4.79 Å². The van der Waals surface area contributed by atoms with Crippen LogP contribution in [0.25, 0.3) is 0 Å². The van der Waals surface area contributed by atoms with Gasteiger partial charge in [-0.25, -0.2) is 0 Å². The standard InChI is InChI=1S/C17H30N2O/c18-15-16-11-7-5-3-1-2-4-6-8-13-17(20)19-14-10-9-12-16/h16H,1-14H2,(H,19,20). The van der Waals surface area contributed by atoms with Gasteiger partial charge in [-0.05, 0) is 25.7 Å². The molecule has 1 N–H and O–H groups in total. The van der Waals surface area contributed by atoms with Crippen LogP contribution < -0.4 is 5.32 Å². The lowest BCUT2D eigenvalue weighted by Gasteiger charge is -2.09. The molecule has 1 saturated heterocycles. The van der Waals surface area contributed by atoms with Gasteiger partial charge in [0.05, 0.1) is 6.07 Å². The quantitative estimate of drug-likeness (QED) is 0.717. The molecule has 1 atom stereocenters. The van der Waals surface area contributed by atoms with Crippen LogP contribution in [0.2, 0.25) is 0 Å². The summed E-state index contributed by atoms with van der Waals surface area (Å²) in [6, 6.07) is 2.44. The van der Waals surface area contributed by atoms with Gasteiger partial charge in [0.25, 0.3) is 0 Å². The van der Waals surface area contributed by atoms with Crippen molar-refractivity contribution in [1.82, 2.24) is 5.32 Å². The third-order valence-electron chi connectivity index (χ3n) is 4.19. The summed E-state index contributed by atoms with van der Waals surface area (Å²) in [5.41, 5.74) is 0. The number of hydrogen-bond donors (Lipinski definition) is 1. The summed E-state index contributed by atoms with van der Waals surface area (Å²) in [7, 11) is 0. The van der Waals surface area contributed by atoms with E-state index in [1.54, 1.807) is 0 Å². The molecule has 1 amide bonds. The molecule has 3 nitrogen and oxygen atoms in total. The maximum Gasteiger partial charge on any atom is 0.219 e. The molecule has 0 aromatic heterocycles. The summed E-state index contributed by atoms with van der Waals surface area (Å²) in [6.07, 6.45) is 14.7. The van der Waals surface area contributed by atoms with E-state index in [0.717, 1.165) is 38.6 Å². The molecule has 1 fully saturated rings. The molecule has 1 heterocycles. The highest BCUT2D eigenvalue weighted by molar-refractivity contribution is 5.75. The monoisotopic (exact) mass is 278 g/mol. The molecule has 0 spiro atoms. The Labute approximate surface area is 124 Å². The molecule has 1 aliphatic rings. The largest absolute Gasteiger partial charge is 0.356 e. The summed E-state index contributed by atoms with van der Waals surface area (Å²) in [6.45, 7) is 0.775. The van der Waals surface area contributed by atoms with Crippen molar-refractivity contribution >= 4 is 5.91 Å². The van der Waals surface area contributed by atoms with Gasteiger partial charge in [-0.1, -0.05) is 51.4 Å². The van der Waals surface area contributed by atoms with Gasteiger partial charge >= 0.3 is 0 Å². The highest BCUT2D eigenvalue weighted by Crippen LogP contribution is 2.17. The molecule has 0 radical (unpaired) electrons. The first-order valence-corrected chi connectivity index (χ1v) is 8.49. The maximum absolute atomic E-state index is 11.6. The van der Waals surface area contributed by atoms with E-state index in [1.807, 2.05) is 0 Å². The van der Waals surface area contributed by atoms with Crippen LogP contribution >= 0.6 is 0 Å². The minimum absolute atomic E-state index is 0.200. The smallest absolute Gasteiger partial charge is 0.219 e. The van der Waals surface area contributed by atoms with Gasteiger partial charge in [0.2, 0.25) is 5.91 Å². The predicted octanol–water partition coefficient (Wildman–Crippen LogP) is 4.33. The Hall–Kier alpha value is -1.04. The molecule has 3 heteroatoms. The predicted molar refractivity (Wildman–Crippen MR) is 82.1 cm³/mol. The fraction of sp³-hybridized carbons (Fsp3) is 0.882. The number of hydrogen-bond acceptors (Lipinski definition) is 2. The average Bonchev–Trinajstić information content (AvgIpc) is 2.46. The van der Waals surface area contributed by atoms with Crippen LogP contribution in [-0.2, 0) is 4.79 Å². The summed E-state index contributed by atoms with van der Waals surface area (Å²) in [5, 5.41) is 12.1. The van der Waals surface area contributed by atoms with Crippen LogP contribution in [0.3, 0.4) is 0 Å². The molecular weight excluding hydrogens is 248 g/mol. The SMILES string of the molecule is N#CC1CCCCCCCCCCC(=O)NCCCC1. The van der Waals surface area contributed by atoms with E-state index in [1.165, 1.54) is 44.9 Å². The van der Waals surface area contributed by atoms with E-state index in [0.29, 0.717) is 6.42 Å². The highest BCUT2D eigenvalue weighted by Gasteiger charge is 2.07. The van der Waals surface area contributed by atoms with Gasteiger partial charge < -0.3 is 5.32 Å². The number of amides is 1. The van der Waals surface area contributed by atoms with Crippen LogP contribution in [0.15, 0.2) is 0 Å². The zero-order valence-corrected chi connectivity index (χ0v) is 12.8. The molecular formula is C17H30N2O. The fourth-order valence-electron chi connectivity index (χ4n) is 2.84. The molecule has 114 valence electrons. The Bertz CT molecular complexity index is 296. The van der Waals surface area contributed by atoms with E-state index in [-0.39, 0.29) is 11.8 Å². The second-order valence-electron chi connectivity index (χ2n) is 6.04. The Balaban J connectivity index is 2.27. The van der Waals surface area contributed by atoms with E-state index in [9.17, 15) is 4.79 Å². The third-order valence-corrected chi connectivity index (χ3v) is 4.19. The Morgan fingerprint density at radius 2 is 1.40 bits per heavy atom. The van der Waals surface area contributed by atoms with Crippen LogP contribution in [0.1, 0.15) is 83.5 Å². The van der Waals surface area contributed by atoms with Crippen molar-refractivity contribution in [2.75, 3.05) is 6.54 Å². The van der Waals surface area contributed by atoms with Crippen molar-refractivity contribution in [2.45, 2.75) is 83.5 Å². The lowest BCUT2D eigenvalue weighted by molar-refractivity contribution is -0.121. The summed E-state index contributed by atoms with van der Waals surface area (Å²) in [4.78, 5) is 11.6. The number of nitrogens with zero attached hydrogens (tertiary/aromatic N) is 1. The van der Waals surface area contributed by atoms with Gasteiger partial charge in [-0.2, -0.15) is 5.26 Å². The molecule has 0 bridgehead atoms. The first-order chi connectivity index (χ1) is 9.83. The van der Waals surface area contributed by atoms with E-state index < -0.39 is 0 Å². The van der Waals surface area contributed by atoms with Gasteiger partial charge in [-0.3, -0.25) is 4.79 Å². The molecule has 20 heavy (non-hydrogen) atoms. The first-order valence-electron chi connectivity index (χ1n) is 8.49. The zero-order chi connectivity index (χ0) is 14.5. The van der Waals surface area contributed by atoms with Crippen LogP contribution in [-0.4, -0.2) is 12.5 Å². The van der Waals surface area contributed by atoms with Gasteiger partial charge in [-0.15, -0.1) is 0 Å². The van der Waals surface area contributed by atoms with E-state index >= 15 is 0 Å². The van der Waals surface area contributed by atoms with Crippen LogP contribution in [0, 0.1) is 17.2 Å². The minimum atomic E-state index is 0.200. The Kier molecular flexibility index (Phi) is 10.0. The Morgan fingerprint density at radius 1 is 0.850 bits per heavy atom. The number of carbonyl (C=O) groups is 1. The van der Waals surface area contributed by atoms with E-state index in [4.69, 9.17) is 5.26 Å². The van der Waals surface area contributed by atoms with Crippen molar-refractivity contribution in [2.24, 2.45) is 5.92 Å². The number of nitrogens with one attached hydrogen (secondary N) is 1. The van der Waals surface area contributed by atoms with Crippen molar-refractivity contribution in [3.05, 3.63) is 0 Å². The fourth-order valence-corrected chi connectivity index (χ4v) is 2.84. The number of carbonyl (C=O) groups excluding carboxylic acids is 1. The van der Waals surface area contributed by atoms with Gasteiger partial charge in [0.1, 0.15) is 0 Å². The lowest BCUT2D eigenvalue weighted by atomic mass is 9.96. The molecule has 0 aliphatic carbocycles. The van der Waals surface area contributed by atoms with Crippen LogP contribution in [0.4, 0.5) is 0 Å². The second-order valence-corrected chi connectivity index (χ2v) is 6.04. The minimum Gasteiger partial charge on any atom is -0.356 e. The number of rotatable bonds is 0. The maximum atomic E-state index is 11.6. The summed E-state index contributed by atoms with van der Waals surface area (Å²) in [5.74, 6) is 0.424. The van der Waals surface area contributed by atoms with Gasteiger partial charge in [0, 0.05) is 18.9 Å². The Morgan fingerprint density at radius 3 is 2.05 bits per heavy atom. The third kappa shape index (κ3) is 8.96. The average molecular weight is 278 g/mol. The topological polar surface area (TPSA) is 52.9 Å². The molecule has 1 aliphatic heterocycles. The zero-order valence-electron chi connectivity index (χ0n) is 12.8. The second kappa shape index (κ2) is 11.8. The number of nitriles is 1. The molecule has 0 saturated carbocycles.